The zero-order valence-corrected chi connectivity index (χ0v) is 16.1. The highest BCUT2D eigenvalue weighted by atomic mass is 16.6. The highest BCUT2D eigenvalue weighted by Crippen LogP contribution is 2.30. The number of urea groups is 1. The highest BCUT2D eigenvalue weighted by Gasteiger charge is 2.37. The second kappa shape index (κ2) is 7.67. The van der Waals surface area contributed by atoms with Crippen LogP contribution in [0.2, 0.25) is 0 Å². The molecule has 0 aliphatic carbocycles. The van der Waals surface area contributed by atoms with Gasteiger partial charge in [-0.05, 0) is 42.8 Å². The van der Waals surface area contributed by atoms with E-state index in [4.69, 9.17) is 4.42 Å². The maximum absolute atomic E-state index is 12.8. The molecule has 10 nitrogen and oxygen atoms in total. The SMILES string of the molecule is Cc1ccc([N+](=O)[O-])cc1-c1ccc(/C=C2\C(=O)NC(=O)N(c3ccncc3)C2=O)o1. The quantitative estimate of drug-likeness (QED) is 0.297. The van der Waals surface area contributed by atoms with Crippen molar-refractivity contribution in [1.82, 2.24) is 10.3 Å². The van der Waals surface area contributed by atoms with Gasteiger partial charge in [0.1, 0.15) is 17.1 Å². The van der Waals surface area contributed by atoms with Gasteiger partial charge in [-0.2, -0.15) is 0 Å². The van der Waals surface area contributed by atoms with Crippen molar-refractivity contribution >= 4 is 35.3 Å². The molecule has 10 heteroatoms. The number of nitrogens with zero attached hydrogens (tertiary/aromatic N) is 3. The van der Waals surface area contributed by atoms with Crippen LogP contribution < -0.4 is 10.2 Å². The number of amides is 4. The maximum atomic E-state index is 12.8. The minimum absolute atomic E-state index is 0.0924. The van der Waals surface area contributed by atoms with Crippen LogP contribution in [-0.4, -0.2) is 27.8 Å². The number of pyridine rings is 1. The molecule has 0 unspecified atom stereocenters. The Balaban J connectivity index is 1.69. The van der Waals surface area contributed by atoms with E-state index in [1.54, 1.807) is 19.1 Å². The van der Waals surface area contributed by atoms with Crippen LogP contribution in [0.1, 0.15) is 11.3 Å². The third-order valence-corrected chi connectivity index (χ3v) is 4.63. The first-order chi connectivity index (χ1) is 14.8. The topological polar surface area (TPSA) is 136 Å². The van der Waals surface area contributed by atoms with Gasteiger partial charge in [-0.15, -0.1) is 0 Å². The Morgan fingerprint density at radius 2 is 1.84 bits per heavy atom. The molecule has 3 heterocycles. The summed E-state index contributed by atoms with van der Waals surface area (Å²) >= 11 is 0. The number of hydrogen-bond acceptors (Lipinski definition) is 7. The summed E-state index contributed by atoms with van der Waals surface area (Å²) in [6.45, 7) is 1.77. The van der Waals surface area contributed by atoms with Gasteiger partial charge in [-0.25, -0.2) is 9.69 Å². The van der Waals surface area contributed by atoms with E-state index in [-0.39, 0.29) is 22.7 Å². The number of nitro benzene ring substituents is 1. The molecule has 1 N–H and O–H groups in total. The van der Waals surface area contributed by atoms with Gasteiger partial charge in [0.2, 0.25) is 0 Å². The van der Waals surface area contributed by atoms with Gasteiger partial charge in [-0.3, -0.25) is 30.0 Å². The lowest BCUT2D eigenvalue weighted by atomic mass is 10.1. The van der Waals surface area contributed by atoms with Crippen molar-refractivity contribution < 1.29 is 23.7 Å². The summed E-state index contributed by atoms with van der Waals surface area (Å²) in [6.07, 6.45) is 4.04. The van der Waals surface area contributed by atoms with E-state index < -0.39 is 22.8 Å². The van der Waals surface area contributed by atoms with Crippen molar-refractivity contribution in [2.24, 2.45) is 0 Å². The Morgan fingerprint density at radius 3 is 2.55 bits per heavy atom. The molecule has 3 aromatic rings. The average Bonchev–Trinajstić information content (AvgIpc) is 3.20. The number of nitro groups is 1. The predicted molar refractivity (Wildman–Crippen MR) is 109 cm³/mol. The Bertz CT molecular complexity index is 1260. The minimum atomic E-state index is -0.870. The smallest absolute Gasteiger partial charge is 0.335 e. The zero-order valence-electron chi connectivity index (χ0n) is 16.1. The van der Waals surface area contributed by atoms with Crippen LogP contribution in [0.3, 0.4) is 0 Å². The van der Waals surface area contributed by atoms with Gasteiger partial charge in [0, 0.05) is 30.1 Å². The number of anilines is 1. The first-order valence-corrected chi connectivity index (χ1v) is 9.02. The third-order valence-electron chi connectivity index (χ3n) is 4.63. The molecule has 0 saturated carbocycles. The van der Waals surface area contributed by atoms with Crippen LogP contribution in [0.25, 0.3) is 17.4 Å². The van der Waals surface area contributed by atoms with E-state index in [2.05, 4.69) is 10.3 Å². The van der Waals surface area contributed by atoms with Crippen molar-refractivity contribution in [2.45, 2.75) is 6.92 Å². The van der Waals surface area contributed by atoms with Crippen molar-refractivity contribution in [3.05, 3.63) is 81.9 Å². The van der Waals surface area contributed by atoms with Crippen molar-refractivity contribution in [2.75, 3.05) is 4.90 Å². The Kier molecular flexibility index (Phi) is 4.88. The molecule has 1 aliphatic heterocycles. The van der Waals surface area contributed by atoms with E-state index in [0.29, 0.717) is 11.3 Å². The fourth-order valence-corrected chi connectivity index (χ4v) is 3.09. The molecule has 2 aromatic heterocycles. The van der Waals surface area contributed by atoms with E-state index in [0.717, 1.165) is 10.5 Å². The van der Waals surface area contributed by atoms with Crippen LogP contribution in [0, 0.1) is 17.0 Å². The van der Waals surface area contributed by atoms with E-state index in [1.165, 1.54) is 48.8 Å². The number of benzene rings is 1. The highest BCUT2D eigenvalue weighted by molar-refractivity contribution is 6.39. The molecular formula is C21H14N4O6. The number of rotatable bonds is 4. The summed E-state index contributed by atoms with van der Waals surface area (Å²) < 4.78 is 5.71. The van der Waals surface area contributed by atoms with Crippen LogP contribution in [0.5, 0.6) is 0 Å². The second-order valence-corrected chi connectivity index (χ2v) is 6.62. The lowest BCUT2D eigenvalue weighted by Crippen LogP contribution is -2.54. The van der Waals surface area contributed by atoms with E-state index in [1.807, 2.05) is 0 Å². The molecule has 0 atom stereocenters. The predicted octanol–water partition coefficient (Wildman–Crippen LogP) is 3.22. The molecule has 0 radical (unpaired) electrons. The normalized spacial score (nSPS) is 15.3. The fraction of sp³-hybridized carbons (Fsp3) is 0.0476. The van der Waals surface area contributed by atoms with Crippen LogP contribution in [-0.2, 0) is 9.59 Å². The van der Waals surface area contributed by atoms with Crippen LogP contribution in [0.15, 0.2) is 64.8 Å². The molecular weight excluding hydrogens is 404 g/mol. The van der Waals surface area contributed by atoms with Gasteiger partial charge in [0.15, 0.2) is 0 Å². The second-order valence-electron chi connectivity index (χ2n) is 6.62. The lowest BCUT2D eigenvalue weighted by Gasteiger charge is -2.25. The van der Waals surface area contributed by atoms with Gasteiger partial charge in [0.05, 0.1) is 10.6 Å². The van der Waals surface area contributed by atoms with Crippen molar-refractivity contribution in [3.63, 3.8) is 0 Å². The number of aromatic nitrogens is 1. The van der Waals surface area contributed by atoms with Crippen molar-refractivity contribution in [1.29, 1.82) is 0 Å². The number of carbonyl (C=O) groups excluding carboxylic acids is 3. The molecule has 1 aliphatic rings. The first-order valence-electron chi connectivity index (χ1n) is 9.02. The Labute approximate surface area is 175 Å². The van der Waals surface area contributed by atoms with Gasteiger partial charge in [0.25, 0.3) is 17.5 Å². The third kappa shape index (κ3) is 3.69. The number of nitrogens with one attached hydrogen (secondary N) is 1. The van der Waals surface area contributed by atoms with Gasteiger partial charge in [-0.1, -0.05) is 6.07 Å². The fourth-order valence-electron chi connectivity index (χ4n) is 3.09. The molecule has 31 heavy (non-hydrogen) atoms. The molecule has 4 rings (SSSR count). The minimum Gasteiger partial charge on any atom is -0.457 e. The van der Waals surface area contributed by atoms with E-state index >= 15 is 0 Å². The van der Waals surface area contributed by atoms with E-state index in [9.17, 15) is 24.5 Å². The molecule has 1 fully saturated rings. The number of carbonyl (C=O) groups is 3. The number of aryl methyl sites for hydroxylation is 1. The maximum Gasteiger partial charge on any atom is 0.335 e. The van der Waals surface area contributed by atoms with Gasteiger partial charge >= 0.3 is 6.03 Å². The summed E-state index contributed by atoms with van der Waals surface area (Å²) in [4.78, 5) is 52.5. The Hall–Kier alpha value is -4.60. The first kappa shape index (κ1) is 19.7. The number of imide groups is 2. The summed E-state index contributed by atoms with van der Waals surface area (Å²) in [5, 5.41) is 13.2. The van der Waals surface area contributed by atoms with Crippen LogP contribution in [0.4, 0.5) is 16.2 Å². The molecule has 0 spiro atoms. The summed E-state index contributed by atoms with van der Waals surface area (Å²) in [5.41, 5.74) is 1.12. The van der Waals surface area contributed by atoms with Crippen LogP contribution >= 0.6 is 0 Å². The standard InChI is InChI=1S/C21H14N4O6/c1-12-2-3-14(25(29)30)10-16(12)18-5-4-15(31-18)11-17-19(26)23-21(28)24(20(17)27)13-6-8-22-9-7-13/h2-11H,1H3,(H,23,26,28)/b17-11+. The monoisotopic (exact) mass is 418 g/mol. The lowest BCUT2D eigenvalue weighted by molar-refractivity contribution is -0.384. The molecule has 154 valence electrons. The number of furan rings is 1. The summed E-state index contributed by atoms with van der Waals surface area (Å²) in [7, 11) is 0. The van der Waals surface area contributed by atoms with Gasteiger partial charge < -0.3 is 4.42 Å². The number of non-ortho nitro benzene ring substituents is 1. The molecule has 4 amide bonds. The zero-order chi connectivity index (χ0) is 22.1. The van der Waals surface area contributed by atoms with Crippen molar-refractivity contribution in [3.8, 4) is 11.3 Å². The Morgan fingerprint density at radius 1 is 1.10 bits per heavy atom. The molecule has 0 bridgehead atoms. The summed E-state index contributed by atoms with van der Waals surface area (Å²) in [5.74, 6) is -1.17. The largest absolute Gasteiger partial charge is 0.457 e. The molecule has 1 aromatic carbocycles. The average molecular weight is 418 g/mol. The summed E-state index contributed by atoms with van der Waals surface area (Å²) in [6, 6.07) is 9.52. The number of hydrogen-bond donors (Lipinski definition) is 1. The molecule has 1 saturated heterocycles. The number of barbiturate groups is 1.